The lowest BCUT2D eigenvalue weighted by molar-refractivity contribution is -0.137. The van der Waals surface area contributed by atoms with Crippen LogP contribution in [0.1, 0.15) is 22.3 Å². The number of halogens is 3. The molecule has 4 nitrogen and oxygen atoms in total. The number of thioether (sulfide) groups is 1. The number of rotatable bonds is 2. The van der Waals surface area contributed by atoms with Gasteiger partial charge in [-0.15, -0.1) is 0 Å². The molecule has 0 spiro atoms. The number of alkyl halides is 3. The summed E-state index contributed by atoms with van der Waals surface area (Å²) in [5.41, 5.74) is 1.59. The molecule has 0 aromatic heterocycles. The van der Waals surface area contributed by atoms with Gasteiger partial charge in [-0.25, -0.2) is 0 Å². The third-order valence-corrected chi connectivity index (χ3v) is 4.29. The first-order valence-corrected chi connectivity index (χ1v) is 7.64. The molecule has 1 amide bonds. The van der Waals surface area contributed by atoms with E-state index in [4.69, 9.17) is 5.84 Å². The van der Waals surface area contributed by atoms with E-state index in [0.717, 1.165) is 30.1 Å². The minimum absolute atomic E-state index is 0.0424. The molecular formula is C13H16F3N3OS. The van der Waals surface area contributed by atoms with Gasteiger partial charge < -0.3 is 10.3 Å². The lowest BCUT2D eigenvalue weighted by atomic mass is 10.1. The van der Waals surface area contributed by atoms with Crippen LogP contribution in [-0.4, -0.2) is 35.4 Å². The van der Waals surface area contributed by atoms with Crippen LogP contribution in [0.15, 0.2) is 18.2 Å². The highest BCUT2D eigenvalue weighted by Gasteiger charge is 2.32. The van der Waals surface area contributed by atoms with Crippen molar-refractivity contribution in [1.82, 2.24) is 4.90 Å². The van der Waals surface area contributed by atoms with Crippen LogP contribution in [0.3, 0.4) is 0 Å². The summed E-state index contributed by atoms with van der Waals surface area (Å²) < 4.78 is 38.4. The van der Waals surface area contributed by atoms with Crippen molar-refractivity contribution in [1.29, 1.82) is 0 Å². The minimum atomic E-state index is -4.49. The van der Waals surface area contributed by atoms with Crippen LogP contribution < -0.4 is 11.3 Å². The van der Waals surface area contributed by atoms with Gasteiger partial charge in [0, 0.05) is 18.8 Å². The number of amides is 1. The number of nitrogens with zero attached hydrogens (tertiary/aromatic N) is 1. The fourth-order valence-electron chi connectivity index (χ4n) is 2.14. The highest BCUT2D eigenvalue weighted by atomic mass is 32.2. The maximum atomic E-state index is 12.8. The van der Waals surface area contributed by atoms with Gasteiger partial charge in [-0.3, -0.25) is 10.6 Å². The number of hydrogen-bond acceptors (Lipinski definition) is 4. The summed E-state index contributed by atoms with van der Waals surface area (Å²) in [5, 5.41) is 0. The largest absolute Gasteiger partial charge is 0.416 e. The molecule has 21 heavy (non-hydrogen) atoms. The van der Waals surface area contributed by atoms with Gasteiger partial charge in [-0.1, -0.05) is 0 Å². The average Bonchev–Trinajstić information content (AvgIpc) is 2.74. The van der Waals surface area contributed by atoms with E-state index in [1.807, 2.05) is 0 Å². The van der Waals surface area contributed by atoms with Crippen LogP contribution in [0.5, 0.6) is 0 Å². The van der Waals surface area contributed by atoms with Crippen molar-refractivity contribution in [2.75, 3.05) is 30.0 Å². The second-order valence-corrected chi connectivity index (χ2v) is 5.89. The number of benzene rings is 1. The Labute approximate surface area is 124 Å². The van der Waals surface area contributed by atoms with Crippen LogP contribution >= 0.6 is 11.8 Å². The number of nitrogen functional groups attached to an aromatic ring is 1. The fraction of sp³-hybridized carbons (Fsp3) is 0.462. The second kappa shape index (κ2) is 6.57. The third kappa shape index (κ3) is 3.82. The molecule has 0 atom stereocenters. The van der Waals surface area contributed by atoms with E-state index >= 15 is 0 Å². The zero-order valence-corrected chi connectivity index (χ0v) is 12.1. The Balaban J connectivity index is 2.33. The maximum absolute atomic E-state index is 12.8. The van der Waals surface area contributed by atoms with Crippen molar-refractivity contribution < 1.29 is 18.0 Å². The molecular weight excluding hydrogens is 303 g/mol. The smallest absolute Gasteiger partial charge is 0.338 e. The number of hydrogen-bond donors (Lipinski definition) is 2. The molecule has 1 fully saturated rings. The zero-order valence-electron chi connectivity index (χ0n) is 11.2. The predicted octanol–water partition coefficient (Wildman–Crippen LogP) is 2.57. The minimum Gasteiger partial charge on any atom is -0.338 e. The normalized spacial score (nSPS) is 16.5. The molecule has 0 radical (unpaired) electrons. The van der Waals surface area contributed by atoms with Crippen LogP contribution in [0.2, 0.25) is 0 Å². The Morgan fingerprint density at radius 3 is 2.71 bits per heavy atom. The summed E-state index contributed by atoms with van der Waals surface area (Å²) in [5.74, 6) is 6.62. The Bertz CT molecular complexity index is 514. The van der Waals surface area contributed by atoms with E-state index in [9.17, 15) is 18.0 Å². The third-order valence-electron chi connectivity index (χ3n) is 3.24. The summed E-state index contributed by atoms with van der Waals surface area (Å²) in [6.07, 6.45) is -3.66. The van der Waals surface area contributed by atoms with Gasteiger partial charge in [0.25, 0.3) is 5.91 Å². The van der Waals surface area contributed by atoms with Crippen molar-refractivity contribution in [2.45, 2.75) is 12.6 Å². The molecule has 116 valence electrons. The van der Waals surface area contributed by atoms with Crippen LogP contribution in [-0.2, 0) is 6.18 Å². The first-order valence-electron chi connectivity index (χ1n) is 6.48. The number of carbonyl (C=O) groups is 1. The molecule has 0 saturated carbocycles. The summed E-state index contributed by atoms with van der Waals surface area (Å²) in [7, 11) is 0. The molecule has 1 saturated heterocycles. The van der Waals surface area contributed by atoms with E-state index in [1.54, 1.807) is 16.7 Å². The van der Waals surface area contributed by atoms with Crippen LogP contribution in [0.25, 0.3) is 0 Å². The average molecular weight is 319 g/mol. The number of nitrogens with one attached hydrogen (secondary N) is 1. The SMILES string of the molecule is NNc1ccc(C(F)(F)F)cc1C(=O)N1CCCSCC1. The van der Waals surface area contributed by atoms with Crippen molar-refractivity contribution >= 4 is 23.4 Å². The molecule has 1 aliphatic heterocycles. The monoisotopic (exact) mass is 319 g/mol. The van der Waals surface area contributed by atoms with Crippen molar-refractivity contribution in [2.24, 2.45) is 5.84 Å². The summed E-state index contributed by atoms with van der Waals surface area (Å²) >= 11 is 1.74. The topological polar surface area (TPSA) is 58.4 Å². The van der Waals surface area contributed by atoms with Gasteiger partial charge >= 0.3 is 6.18 Å². The number of nitrogens with two attached hydrogens (primary N) is 1. The van der Waals surface area contributed by atoms with Crippen molar-refractivity contribution in [3.05, 3.63) is 29.3 Å². The Hall–Kier alpha value is -1.41. The number of carbonyl (C=O) groups excluding carboxylic acids is 1. The first kappa shape index (κ1) is 16.0. The second-order valence-electron chi connectivity index (χ2n) is 4.66. The molecule has 2 rings (SSSR count). The van der Waals surface area contributed by atoms with Crippen molar-refractivity contribution in [3.8, 4) is 0 Å². The van der Waals surface area contributed by atoms with Gasteiger partial charge in [0.2, 0.25) is 0 Å². The molecule has 0 aliphatic carbocycles. The Kier molecular flexibility index (Phi) is 5.00. The molecule has 1 heterocycles. The highest BCUT2D eigenvalue weighted by molar-refractivity contribution is 7.99. The Morgan fingerprint density at radius 1 is 1.29 bits per heavy atom. The van der Waals surface area contributed by atoms with E-state index in [2.05, 4.69) is 5.43 Å². The van der Waals surface area contributed by atoms with E-state index in [1.165, 1.54) is 6.07 Å². The lowest BCUT2D eigenvalue weighted by Crippen LogP contribution is -2.34. The van der Waals surface area contributed by atoms with E-state index in [0.29, 0.717) is 13.1 Å². The maximum Gasteiger partial charge on any atom is 0.416 e. The summed E-state index contributed by atoms with van der Waals surface area (Å²) in [6.45, 7) is 1.08. The zero-order chi connectivity index (χ0) is 15.5. The summed E-state index contributed by atoms with van der Waals surface area (Å²) in [4.78, 5) is 14.0. The van der Waals surface area contributed by atoms with Crippen LogP contribution in [0, 0.1) is 0 Å². The van der Waals surface area contributed by atoms with Gasteiger partial charge in [0.15, 0.2) is 0 Å². The van der Waals surface area contributed by atoms with Gasteiger partial charge in [0.05, 0.1) is 16.8 Å². The fourth-order valence-corrected chi connectivity index (χ4v) is 3.03. The molecule has 0 bridgehead atoms. The van der Waals surface area contributed by atoms with Gasteiger partial charge in [-0.05, 0) is 30.4 Å². The van der Waals surface area contributed by atoms with Gasteiger partial charge in [-0.2, -0.15) is 24.9 Å². The standard InChI is InChI=1S/C13H16F3N3OS/c14-13(15,16)9-2-3-11(18-17)10(8-9)12(20)19-4-1-6-21-7-5-19/h2-3,8,18H,1,4-7,17H2. The van der Waals surface area contributed by atoms with Crippen molar-refractivity contribution in [3.63, 3.8) is 0 Å². The molecule has 1 aromatic carbocycles. The first-order chi connectivity index (χ1) is 9.93. The number of anilines is 1. The van der Waals surface area contributed by atoms with Gasteiger partial charge in [0.1, 0.15) is 0 Å². The molecule has 0 unspecified atom stereocenters. The highest BCUT2D eigenvalue weighted by Crippen LogP contribution is 2.32. The van der Waals surface area contributed by atoms with Crippen LogP contribution in [0.4, 0.5) is 18.9 Å². The van der Waals surface area contributed by atoms with E-state index < -0.39 is 17.6 Å². The quantitative estimate of drug-likeness (QED) is 0.650. The molecule has 8 heteroatoms. The Morgan fingerprint density at radius 2 is 2.05 bits per heavy atom. The molecule has 3 N–H and O–H groups in total. The molecule has 1 aliphatic rings. The lowest BCUT2D eigenvalue weighted by Gasteiger charge is -2.22. The molecule has 1 aromatic rings. The summed E-state index contributed by atoms with van der Waals surface area (Å²) in [6, 6.07) is 2.95. The predicted molar refractivity (Wildman–Crippen MR) is 77.1 cm³/mol. The van der Waals surface area contributed by atoms with E-state index in [-0.39, 0.29) is 11.3 Å². The number of hydrazine groups is 1.